The molecule has 9 heteroatoms. The largest absolute Gasteiger partial charge is 0.497 e. The van der Waals surface area contributed by atoms with Crippen LogP contribution in [0.1, 0.15) is 15.9 Å². The fraction of sp³-hybridized carbons (Fsp3) is 0.346. The van der Waals surface area contributed by atoms with Crippen molar-refractivity contribution in [1.29, 1.82) is 0 Å². The first kappa shape index (κ1) is 25.8. The molecule has 3 aromatic rings. The highest BCUT2D eigenvalue weighted by molar-refractivity contribution is 5.97. The summed E-state index contributed by atoms with van der Waals surface area (Å²) in [6, 6.07) is 14.7. The van der Waals surface area contributed by atoms with Crippen LogP contribution in [-0.2, 0) is 22.4 Å². The zero-order valence-corrected chi connectivity index (χ0v) is 20.6. The normalized spacial score (nSPS) is 11.9. The van der Waals surface area contributed by atoms with Crippen LogP contribution in [-0.4, -0.2) is 79.7 Å². The maximum absolute atomic E-state index is 13.3. The van der Waals surface area contributed by atoms with Gasteiger partial charge in [-0.15, -0.1) is 0 Å². The Hall–Kier alpha value is -3.85. The number of rotatable bonds is 10. The summed E-state index contributed by atoms with van der Waals surface area (Å²) in [6.07, 6.45) is 0.540. The molecule has 2 N–H and O–H groups in total. The van der Waals surface area contributed by atoms with Crippen molar-refractivity contribution in [3.05, 3.63) is 65.9 Å². The lowest BCUT2D eigenvalue weighted by Gasteiger charge is -2.23. The van der Waals surface area contributed by atoms with Gasteiger partial charge in [0.1, 0.15) is 12.3 Å². The number of nitrogens with two attached hydrogens (primary N) is 1. The molecule has 1 atom stereocenters. The summed E-state index contributed by atoms with van der Waals surface area (Å²) in [7, 11) is 7.09. The number of likely N-dealkylation sites (N-methyl/N-ethyl adjacent to an activating group) is 2. The predicted molar refractivity (Wildman–Crippen MR) is 134 cm³/mol. The van der Waals surface area contributed by atoms with Gasteiger partial charge in [0.2, 0.25) is 0 Å². The van der Waals surface area contributed by atoms with Crippen LogP contribution >= 0.6 is 0 Å². The third-order valence-corrected chi connectivity index (χ3v) is 5.74. The average Bonchev–Trinajstić information content (AvgIpc) is 3.20. The van der Waals surface area contributed by atoms with E-state index in [9.17, 15) is 14.4 Å². The van der Waals surface area contributed by atoms with Crippen molar-refractivity contribution in [2.75, 3.05) is 41.3 Å². The molecule has 186 valence electrons. The minimum Gasteiger partial charge on any atom is -0.497 e. The Bertz CT molecular complexity index is 1190. The van der Waals surface area contributed by atoms with Crippen LogP contribution in [0.5, 0.6) is 5.75 Å². The number of hydrogen-bond acceptors (Lipinski definition) is 6. The van der Waals surface area contributed by atoms with Gasteiger partial charge in [-0.1, -0.05) is 30.3 Å². The van der Waals surface area contributed by atoms with E-state index in [1.54, 1.807) is 17.7 Å². The summed E-state index contributed by atoms with van der Waals surface area (Å²) in [5, 5.41) is 0.924. The van der Waals surface area contributed by atoms with E-state index < -0.39 is 18.1 Å². The summed E-state index contributed by atoms with van der Waals surface area (Å²) in [5.74, 6) is -0.0925. The van der Waals surface area contributed by atoms with Gasteiger partial charge in [0.25, 0.3) is 11.8 Å². The zero-order valence-electron chi connectivity index (χ0n) is 20.6. The molecule has 0 saturated carbocycles. The van der Waals surface area contributed by atoms with E-state index in [1.807, 2.05) is 62.8 Å². The Morgan fingerprint density at radius 2 is 1.77 bits per heavy atom. The topological polar surface area (TPSA) is 107 Å². The second-order valence-electron chi connectivity index (χ2n) is 8.66. The molecule has 1 unspecified atom stereocenters. The average molecular weight is 481 g/mol. The van der Waals surface area contributed by atoms with E-state index in [-0.39, 0.29) is 18.9 Å². The molecule has 0 saturated heterocycles. The second-order valence-corrected chi connectivity index (χ2v) is 8.66. The fourth-order valence-electron chi connectivity index (χ4n) is 3.90. The Morgan fingerprint density at radius 1 is 1.06 bits per heavy atom. The molecule has 2 amide bonds. The van der Waals surface area contributed by atoms with Crippen LogP contribution in [0.25, 0.3) is 10.9 Å². The summed E-state index contributed by atoms with van der Waals surface area (Å²) >= 11 is 0. The maximum atomic E-state index is 13.3. The van der Waals surface area contributed by atoms with Crippen molar-refractivity contribution in [3.8, 4) is 5.75 Å². The summed E-state index contributed by atoms with van der Waals surface area (Å²) in [5.41, 5.74) is 7.75. The van der Waals surface area contributed by atoms with Crippen molar-refractivity contribution in [1.82, 2.24) is 14.4 Å². The second kappa shape index (κ2) is 11.5. The van der Waals surface area contributed by atoms with Gasteiger partial charge in [-0.3, -0.25) is 14.2 Å². The maximum Gasteiger partial charge on any atom is 0.405 e. The molecule has 0 fully saturated rings. The Labute approximate surface area is 205 Å². The summed E-state index contributed by atoms with van der Waals surface area (Å²) in [6.45, 7) is 0.615. The molecule has 0 aliphatic heterocycles. The minimum absolute atomic E-state index is 0.155. The Balaban J connectivity index is 1.82. The molecule has 3 rings (SSSR count). The third-order valence-electron chi connectivity index (χ3n) is 5.74. The zero-order chi connectivity index (χ0) is 25.5. The van der Waals surface area contributed by atoms with E-state index in [2.05, 4.69) is 4.90 Å². The molecule has 0 spiro atoms. The van der Waals surface area contributed by atoms with Crippen LogP contribution in [0.2, 0.25) is 0 Å². The minimum atomic E-state index is -1.13. The lowest BCUT2D eigenvalue weighted by Crippen LogP contribution is -2.44. The number of hydrogen-bond donors (Lipinski definition) is 1. The summed E-state index contributed by atoms with van der Waals surface area (Å²) in [4.78, 5) is 41.1. The number of carbonyl (C=O) groups is 3. The van der Waals surface area contributed by atoms with E-state index in [1.165, 1.54) is 11.9 Å². The van der Waals surface area contributed by atoms with Crippen molar-refractivity contribution in [2.45, 2.75) is 18.9 Å². The van der Waals surface area contributed by atoms with Crippen LogP contribution in [0.4, 0.5) is 4.79 Å². The van der Waals surface area contributed by atoms with Gasteiger partial charge in [0, 0.05) is 31.6 Å². The molecule has 35 heavy (non-hydrogen) atoms. The fourth-order valence-corrected chi connectivity index (χ4v) is 3.90. The third kappa shape index (κ3) is 6.60. The predicted octanol–water partition coefficient (Wildman–Crippen LogP) is 2.56. The number of benzene rings is 2. The van der Waals surface area contributed by atoms with Gasteiger partial charge < -0.3 is 25.0 Å². The van der Waals surface area contributed by atoms with Crippen LogP contribution < -0.4 is 10.5 Å². The van der Waals surface area contributed by atoms with Gasteiger partial charge in [-0.25, -0.2) is 4.79 Å². The van der Waals surface area contributed by atoms with Gasteiger partial charge in [-0.2, -0.15) is 0 Å². The van der Waals surface area contributed by atoms with Crippen LogP contribution in [0, 0.1) is 0 Å². The highest BCUT2D eigenvalue weighted by atomic mass is 16.6. The highest BCUT2D eigenvalue weighted by Crippen LogP contribution is 2.27. The lowest BCUT2D eigenvalue weighted by atomic mass is 10.1. The molecule has 0 bridgehead atoms. The SMILES string of the molecule is COc1ccc2c(c1)c(CCN(C)C)cn2C(=O)CN(C)C(=O)C(Cc1ccccc1)OC(N)=O. The standard InChI is InChI=1S/C26H32N4O5/c1-28(2)13-12-19-16-30(22-11-10-20(34-4)15-21(19)22)24(31)17-29(3)25(32)23(35-26(27)33)14-18-8-6-5-7-9-18/h5-11,15-16,23H,12-14,17H2,1-4H3,(H2,27,33). The van der Waals surface area contributed by atoms with E-state index >= 15 is 0 Å². The number of fused-ring (bicyclic) bond motifs is 1. The number of ether oxygens (including phenoxy) is 2. The van der Waals surface area contributed by atoms with Gasteiger partial charge >= 0.3 is 6.09 Å². The lowest BCUT2D eigenvalue weighted by molar-refractivity contribution is -0.138. The monoisotopic (exact) mass is 480 g/mol. The number of carbonyl (C=O) groups excluding carboxylic acids is 3. The first-order valence-electron chi connectivity index (χ1n) is 11.3. The Kier molecular flexibility index (Phi) is 8.48. The highest BCUT2D eigenvalue weighted by Gasteiger charge is 2.27. The van der Waals surface area contributed by atoms with Crippen LogP contribution in [0.15, 0.2) is 54.7 Å². The first-order valence-corrected chi connectivity index (χ1v) is 11.3. The van der Waals surface area contributed by atoms with Gasteiger partial charge in [0.15, 0.2) is 6.10 Å². The quantitative estimate of drug-likeness (QED) is 0.478. The molecule has 0 radical (unpaired) electrons. The molecule has 0 aliphatic rings. The van der Waals surface area contributed by atoms with Gasteiger partial charge in [-0.05, 0) is 49.8 Å². The first-order chi connectivity index (χ1) is 16.7. The molecule has 1 aromatic heterocycles. The molecule has 2 aromatic carbocycles. The van der Waals surface area contributed by atoms with Crippen molar-refractivity contribution in [3.63, 3.8) is 0 Å². The Morgan fingerprint density at radius 3 is 2.40 bits per heavy atom. The molecular weight excluding hydrogens is 448 g/mol. The molecular formula is C26H32N4O5. The van der Waals surface area contributed by atoms with Crippen molar-refractivity contribution in [2.24, 2.45) is 5.73 Å². The number of amides is 2. The number of aromatic nitrogens is 1. The molecule has 9 nitrogen and oxygen atoms in total. The van der Waals surface area contributed by atoms with Crippen molar-refractivity contribution < 1.29 is 23.9 Å². The number of nitrogens with zero attached hydrogens (tertiary/aromatic N) is 3. The number of primary amides is 1. The molecule has 1 heterocycles. The van der Waals surface area contributed by atoms with E-state index in [0.717, 1.165) is 35.0 Å². The molecule has 0 aliphatic carbocycles. The van der Waals surface area contributed by atoms with E-state index in [0.29, 0.717) is 5.75 Å². The van der Waals surface area contributed by atoms with Crippen LogP contribution in [0.3, 0.4) is 0 Å². The number of methoxy groups -OCH3 is 1. The smallest absolute Gasteiger partial charge is 0.405 e. The van der Waals surface area contributed by atoms with E-state index in [4.69, 9.17) is 15.2 Å². The summed E-state index contributed by atoms with van der Waals surface area (Å²) < 4.78 is 12.0. The van der Waals surface area contributed by atoms with Gasteiger partial charge in [0.05, 0.1) is 12.6 Å². The van der Waals surface area contributed by atoms with Crippen molar-refractivity contribution >= 4 is 28.8 Å².